The molecule has 1 fully saturated rings. The number of aromatic amines is 1. The smallest absolute Gasteiger partial charge is 0.332 e. The Balaban J connectivity index is 1.54. The van der Waals surface area contributed by atoms with Gasteiger partial charge in [0.25, 0.3) is 5.91 Å². The van der Waals surface area contributed by atoms with E-state index in [-0.39, 0.29) is 11.9 Å². The van der Waals surface area contributed by atoms with Crippen LogP contribution in [0.3, 0.4) is 0 Å². The van der Waals surface area contributed by atoms with Gasteiger partial charge >= 0.3 is 6.03 Å². The van der Waals surface area contributed by atoms with E-state index in [1.165, 1.54) is 4.90 Å². The fourth-order valence-corrected chi connectivity index (χ4v) is 5.15. The zero-order valence-corrected chi connectivity index (χ0v) is 18.3. The highest BCUT2D eigenvalue weighted by atomic mass is 35.5. The molecule has 0 unspecified atom stereocenters. The van der Waals surface area contributed by atoms with Crippen molar-refractivity contribution >= 4 is 51.7 Å². The van der Waals surface area contributed by atoms with E-state index in [9.17, 15) is 9.59 Å². The third kappa shape index (κ3) is 2.78. The van der Waals surface area contributed by atoms with Crippen LogP contribution >= 0.6 is 23.2 Å². The van der Waals surface area contributed by atoms with Crippen LogP contribution in [-0.4, -0.2) is 27.9 Å². The van der Waals surface area contributed by atoms with E-state index < -0.39 is 12.1 Å². The van der Waals surface area contributed by atoms with E-state index in [0.717, 1.165) is 27.7 Å². The molecule has 3 aromatic carbocycles. The molecule has 32 heavy (non-hydrogen) atoms. The Morgan fingerprint density at radius 1 is 0.844 bits per heavy atom. The Bertz CT molecular complexity index is 1380. The molecule has 0 bridgehead atoms. The largest absolute Gasteiger partial charge is 0.356 e. The van der Waals surface area contributed by atoms with E-state index in [0.29, 0.717) is 22.2 Å². The molecule has 0 radical (unpaired) electrons. The maximum absolute atomic E-state index is 13.7. The highest BCUT2D eigenvalue weighted by molar-refractivity contribution is 6.31. The van der Waals surface area contributed by atoms with Crippen molar-refractivity contribution < 1.29 is 9.59 Å². The number of imide groups is 1. The number of nitrogens with zero attached hydrogens (tertiary/aromatic N) is 2. The topological polar surface area (TPSA) is 56.4 Å². The van der Waals surface area contributed by atoms with Crippen molar-refractivity contribution in [2.45, 2.75) is 18.5 Å². The summed E-state index contributed by atoms with van der Waals surface area (Å²) in [5.74, 6) is -0.229. The third-order valence-electron chi connectivity index (χ3n) is 6.32. The van der Waals surface area contributed by atoms with Gasteiger partial charge in [-0.15, -0.1) is 0 Å². The maximum atomic E-state index is 13.7. The van der Waals surface area contributed by atoms with Gasteiger partial charge in [0.05, 0.1) is 5.69 Å². The molecule has 1 saturated heterocycles. The number of aromatic nitrogens is 1. The summed E-state index contributed by atoms with van der Waals surface area (Å²) in [6.07, 6.45) is 0.456. The first kappa shape index (κ1) is 19.4. The van der Waals surface area contributed by atoms with Crippen LogP contribution in [0.2, 0.25) is 10.0 Å². The summed E-state index contributed by atoms with van der Waals surface area (Å²) in [4.78, 5) is 33.7. The molecule has 2 aliphatic heterocycles. The first-order chi connectivity index (χ1) is 15.5. The van der Waals surface area contributed by atoms with Gasteiger partial charge in [-0.25, -0.2) is 9.69 Å². The zero-order valence-electron chi connectivity index (χ0n) is 16.8. The normalized spacial score (nSPS) is 20.1. The predicted molar refractivity (Wildman–Crippen MR) is 125 cm³/mol. The maximum Gasteiger partial charge on any atom is 0.332 e. The average Bonchev–Trinajstić information content (AvgIpc) is 3.29. The van der Waals surface area contributed by atoms with Gasteiger partial charge in [-0.1, -0.05) is 53.5 Å². The van der Waals surface area contributed by atoms with Crippen molar-refractivity contribution in [3.63, 3.8) is 0 Å². The lowest BCUT2D eigenvalue weighted by molar-refractivity contribution is -0.120. The molecule has 7 heteroatoms. The molecular weight excluding hydrogens is 445 g/mol. The first-order valence-corrected chi connectivity index (χ1v) is 11.1. The molecule has 0 aliphatic carbocycles. The number of para-hydroxylation sites is 1. The number of urea groups is 1. The summed E-state index contributed by atoms with van der Waals surface area (Å²) < 4.78 is 0. The standard InChI is InChI=1S/C25H17Cl2N3O2/c26-15-7-5-14(6-8-15)23-22-19(18-3-1-2-4-20(18)28-22)13-21-24(31)29(25(32)30(21)23)17-11-9-16(27)10-12-17/h1-12,21,23,28H,13H2/t21-,23+/m0/s1. The lowest BCUT2D eigenvalue weighted by Crippen LogP contribution is -2.44. The number of carbonyl (C=O) groups excluding carboxylic acids is 2. The zero-order chi connectivity index (χ0) is 22.0. The number of carbonyl (C=O) groups is 2. The summed E-state index contributed by atoms with van der Waals surface area (Å²) in [5.41, 5.74) is 4.41. The average molecular weight is 462 g/mol. The Morgan fingerprint density at radius 2 is 1.50 bits per heavy atom. The van der Waals surface area contributed by atoms with Crippen molar-refractivity contribution in [2.24, 2.45) is 0 Å². The van der Waals surface area contributed by atoms with Crippen LogP contribution in [0.25, 0.3) is 10.9 Å². The van der Waals surface area contributed by atoms with E-state index >= 15 is 0 Å². The number of rotatable bonds is 2. The number of nitrogens with one attached hydrogen (secondary N) is 1. The van der Waals surface area contributed by atoms with Crippen LogP contribution in [-0.2, 0) is 11.2 Å². The van der Waals surface area contributed by atoms with Gasteiger partial charge in [-0.3, -0.25) is 9.69 Å². The molecule has 2 aliphatic rings. The Morgan fingerprint density at radius 3 is 2.22 bits per heavy atom. The van der Waals surface area contributed by atoms with Crippen LogP contribution in [0.4, 0.5) is 10.5 Å². The van der Waals surface area contributed by atoms with Crippen LogP contribution in [0.5, 0.6) is 0 Å². The molecule has 1 N–H and O–H groups in total. The van der Waals surface area contributed by atoms with Gasteiger partial charge in [0.1, 0.15) is 12.1 Å². The van der Waals surface area contributed by atoms with Gasteiger partial charge in [0.2, 0.25) is 0 Å². The van der Waals surface area contributed by atoms with Gasteiger partial charge in [0, 0.05) is 33.1 Å². The predicted octanol–water partition coefficient (Wildman–Crippen LogP) is 5.96. The van der Waals surface area contributed by atoms with E-state index in [2.05, 4.69) is 11.1 Å². The van der Waals surface area contributed by atoms with Crippen LogP contribution in [0, 0.1) is 0 Å². The summed E-state index contributed by atoms with van der Waals surface area (Å²) in [6.45, 7) is 0. The number of halogens is 2. The van der Waals surface area contributed by atoms with Crippen molar-refractivity contribution in [3.05, 3.63) is 99.7 Å². The van der Waals surface area contributed by atoms with E-state index in [1.54, 1.807) is 29.2 Å². The number of anilines is 1. The molecule has 2 atom stereocenters. The minimum atomic E-state index is -0.592. The number of H-pyrrole nitrogens is 1. The molecule has 0 saturated carbocycles. The molecule has 6 rings (SSSR count). The Labute approximate surface area is 194 Å². The van der Waals surface area contributed by atoms with Gasteiger partial charge in [-0.2, -0.15) is 0 Å². The van der Waals surface area contributed by atoms with Crippen molar-refractivity contribution in [1.82, 2.24) is 9.88 Å². The summed E-state index contributed by atoms with van der Waals surface area (Å²) in [7, 11) is 0. The molecule has 158 valence electrons. The Kier molecular flexibility index (Phi) is 4.32. The quantitative estimate of drug-likeness (QED) is 0.374. The number of hydrogen-bond donors (Lipinski definition) is 1. The van der Waals surface area contributed by atoms with Crippen molar-refractivity contribution in [1.29, 1.82) is 0 Å². The summed E-state index contributed by atoms with van der Waals surface area (Å²) in [6, 6.07) is 20.9. The lowest BCUT2D eigenvalue weighted by atomic mass is 9.89. The molecular formula is C25H17Cl2N3O2. The number of fused-ring (bicyclic) bond motifs is 4. The molecule has 3 heterocycles. The monoisotopic (exact) mass is 461 g/mol. The Hall–Kier alpha value is -3.28. The van der Waals surface area contributed by atoms with Crippen LogP contribution in [0.15, 0.2) is 72.8 Å². The van der Waals surface area contributed by atoms with Gasteiger partial charge < -0.3 is 4.98 Å². The minimum absolute atomic E-state index is 0.229. The summed E-state index contributed by atoms with van der Waals surface area (Å²) in [5, 5.41) is 2.24. The van der Waals surface area contributed by atoms with E-state index in [1.807, 2.05) is 42.5 Å². The first-order valence-electron chi connectivity index (χ1n) is 10.3. The minimum Gasteiger partial charge on any atom is -0.356 e. The van der Waals surface area contributed by atoms with Gasteiger partial charge in [0.15, 0.2) is 0 Å². The fourth-order valence-electron chi connectivity index (χ4n) is 4.89. The second-order valence-electron chi connectivity index (χ2n) is 8.08. The third-order valence-corrected chi connectivity index (χ3v) is 6.82. The highest BCUT2D eigenvalue weighted by Gasteiger charge is 2.53. The van der Waals surface area contributed by atoms with E-state index in [4.69, 9.17) is 23.2 Å². The van der Waals surface area contributed by atoms with Gasteiger partial charge in [-0.05, 0) is 53.6 Å². The van der Waals surface area contributed by atoms with Crippen molar-refractivity contribution in [3.8, 4) is 0 Å². The molecule has 4 aromatic rings. The molecule has 1 aromatic heterocycles. The molecule has 5 nitrogen and oxygen atoms in total. The fraction of sp³-hybridized carbons (Fsp3) is 0.120. The van der Waals surface area contributed by atoms with Crippen molar-refractivity contribution in [2.75, 3.05) is 4.90 Å². The second kappa shape index (κ2) is 7.12. The SMILES string of the molecule is O=C1[C@@H]2Cc3c([nH]c4ccccc34)[C@@H](c3ccc(Cl)cc3)N2C(=O)N1c1ccc(Cl)cc1. The lowest BCUT2D eigenvalue weighted by Gasteiger charge is -2.36. The summed E-state index contributed by atoms with van der Waals surface area (Å²) >= 11 is 12.1. The number of benzene rings is 3. The number of hydrogen-bond acceptors (Lipinski definition) is 2. The molecule has 3 amide bonds. The highest BCUT2D eigenvalue weighted by Crippen LogP contribution is 2.45. The van der Waals surface area contributed by atoms with Crippen LogP contribution in [0.1, 0.15) is 22.9 Å². The van der Waals surface area contributed by atoms with Crippen LogP contribution < -0.4 is 4.90 Å². The number of amides is 3. The molecule has 0 spiro atoms. The second-order valence-corrected chi connectivity index (χ2v) is 8.95.